The normalized spacial score (nSPS) is 13.2. The summed E-state index contributed by atoms with van der Waals surface area (Å²) in [7, 11) is -9.84. The van der Waals surface area contributed by atoms with Gasteiger partial charge in [-0.3, -0.25) is 23.7 Å². The first-order valence-electron chi connectivity index (χ1n) is 14.0. The molecule has 0 spiro atoms. The maximum absolute atomic E-state index is 13.7. The Morgan fingerprint density at radius 3 is 2.10 bits per heavy atom. The predicted octanol–water partition coefficient (Wildman–Crippen LogP) is 5.07. The van der Waals surface area contributed by atoms with Gasteiger partial charge in [-0.15, -0.1) is 0 Å². The molecule has 1 aliphatic carbocycles. The molecule has 2 aromatic carbocycles. The van der Waals surface area contributed by atoms with E-state index >= 15 is 0 Å². The number of carbonyl (C=O) groups excluding carboxylic acids is 1. The van der Waals surface area contributed by atoms with Gasteiger partial charge >= 0.3 is 18.3 Å². The molecule has 0 radical (unpaired) electrons. The standard InChI is InChI=1S/C29H25F6N3O10S2/c1-38(12-4-7-21(39)40)27(41)16-6-3-2-5-15(16)22-17-8-10-19(36-13-28(30,31)32)25(49(42,43)44)23(17)48-24-18(22)9-11-20(26(24)50(45,46)47)37-14-29(33,34)35/h2-3,5-6,8-11,36H,4,7,12-14H2,1H3,(H,39,40)(H,42,43,44)(H,45,46,47). The van der Waals surface area contributed by atoms with Gasteiger partial charge in [0.2, 0.25) is 0 Å². The maximum atomic E-state index is 13.7. The smallest absolute Gasteiger partial charge is 0.407 e. The molecule has 1 heterocycles. The van der Waals surface area contributed by atoms with Crippen LogP contribution in [0, 0.1) is 0 Å². The minimum absolute atomic E-state index is 0.0309. The maximum Gasteiger partial charge on any atom is 0.407 e. The van der Waals surface area contributed by atoms with Gasteiger partial charge in [0.1, 0.15) is 13.1 Å². The first-order valence-corrected chi connectivity index (χ1v) is 16.8. The number of fused-ring (bicyclic) bond motifs is 2. The fraction of sp³-hybridized carbons (Fsp3) is 0.276. The Hall–Kier alpha value is -4.73. The highest BCUT2D eigenvalue weighted by molar-refractivity contribution is 7.86. The number of alkyl halides is 6. The van der Waals surface area contributed by atoms with Gasteiger partial charge in [0.15, 0.2) is 21.1 Å². The van der Waals surface area contributed by atoms with Crippen LogP contribution in [0.15, 0.2) is 67.7 Å². The summed E-state index contributed by atoms with van der Waals surface area (Å²) >= 11 is 0. The number of carbonyl (C=O) groups is 2. The van der Waals surface area contributed by atoms with E-state index in [1.165, 1.54) is 31.3 Å². The molecule has 1 aliphatic heterocycles. The second kappa shape index (κ2) is 13.9. The van der Waals surface area contributed by atoms with Crippen LogP contribution in [0.5, 0.6) is 0 Å². The SMILES string of the molecule is CN(CCCC(=O)O)C(=O)c1ccccc1-c1c2ccc(=NCC(F)(F)F)c(S(=O)(=O)O)c-2oc2c(S(=O)(=O)O)c(NCC(F)(F)F)ccc12. The molecule has 0 unspecified atom stereocenters. The number of hydrogen-bond donors (Lipinski definition) is 4. The molecule has 0 aromatic heterocycles. The summed E-state index contributed by atoms with van der Waals surface area (Å²) in [6.07, 6.45) is -10.1. The molecule has 1 amide bonds. The molecule has 4 rings (SSSR count). The lowest BCUT2D eigenvalue weighted by Crippen LogP contribution is -2.28. The van der Waals surface area contributed by atoms with E-state index in [9.17, 15) is 61.9 Å². The summed E-state index contributed by atoms with van der Waals surface area (Å²) in [5, 5.41) is 9.40. The fourth-order valence-electron chi connectivity index (χ4n) is 5.05. The number of aliphatic carboxylic acids is 1. The van der Waals surface area contributed by atoms with Gasteiger partial charge in [-0.25, -0.2) is 0 Å². The summed E-state index contributed by atoms with van der Waals surface area (Å²) in [5.41, 5.74) is -2.79. The number of hydrogen-bond acceptors (Lipinski definition) is 9. The Morgan fingerprint density at radius 1 is 0.880 bits per heavy atom. The van der Waals surface area contributed by atoms with Crippen molar-refractivity contribution in [1.29, 1.82) is 0 Å². The summed E-state index contributed by atoms with van der Waals surface area (Å²) in [4.78, 5) is 26.2. The van der Waals surface area contributed by atoms with Gasteiger partial charge in [-0.2, -0.15) is 43.2 Å². The van der Waals surface area contributed by atoms with Gasteiger partial charge in [0.25, 0.3) is 26.1 Å². The molecule has 4 N–H and O–H groups in total. The van der Waals surface area contributed by atoms with Crippen molar-refractivity contribution in [3.63, 3.8) is 0 Å². The van der Waals surface area contributed by atoms with Gasteiger partial charge < -0.3 is 19.7 Å². The third-order valence-electron chi connectivity index (χ3n) is 7.03. The van der Waals surface area contributed by atoms with E-state index < -0.39 is 89.7 Å². The molecular formula is C29H25F6N3O10S2. The van der Waals surface area contributed by atoms with Gasteiger partial charge in [0.05, 0.1) is 11.0 Å². The topological polar surface area (TPSA) is 204 Å². The van der Waals surface area contributed by atoms with E-state index in [0.29, 0.717) is 0 Å². The molecule has 0 saturated heterocycles. The zero-order valence-electron chi connectivity index (χ0n) is 25.3. The number of rotatable bonds is 11. The first-order chi connectivity index (χ1) is 23.0. The molecule has 21 heteroatoms. The summed E-state index contributed by atoms with van der Waals surface area (Å²) in [6.45, 7) is -3.85. The summed E-state index contributed by atoms with van der Waals surface area (Å²) in [5.74, 6) is -2.90. The van der Waals surface area contributed by atoms with E-state index in [2.05, 4.69) is 4.99 Å². The number of benzene rings is 3. The molecule has 0 saturated carbocycles. The molecule has 270 valence electrons. The molecule has 0 atom stereocenters. The van der Waals surface area contributed by atoms with Crippen LogP contribution >= 0.6 is 0 Å². The van der Waals surface area contributed by atoms with Crippen molar-refractivity contribution < 1.29 is 71.4 Å². The Kier molecular flexibility index (Phi) is 10.6. The highest BCUT2D eigenvalue weighted by Gasteiger charge is 2.34. The van der Waals surface area contributed by atoms with Crippen molar-refractivity contribution in [3.05, 3.63) is 59.5 Å². The van der Waals surface area contributed by atoms with Crippen molar-refractivity contribution in [2.45, 2.75) is 35.0 Å². The van der Waals surface area contributed by atoms with Crippen LogP contribution in [0.4, 0.5) is 32.0 Å². The highest BCUT2D eigenvalue weighted by Crippen LogP contribution is 2.46. The van der Waals surface area contributed by atoms with Crippen LogP contribution < -0.4 is 10.7 Å². The van der Waals surface area contributed by atoms with E-state index in [1.54, 1.807) is 5.32 Å². The predicted molar refractivity (Wildman–Crippen MR) is 163 cm³/mol. The number of carboxylic acids is 1. The van der Waals surface area contributed by atoms with Crippen LogP contribution in [0.3, 0.4) is 0 Å². The molecule has 2 aliphatic rings. The third-order valence-corrected chi connectivity index (χ3v) is 8.86. The molecule has 2 aromatic rings. The summed E-state index contributed by atoms with van der Waals surface area (Å²) < 4.78 is 155. The Morgan fingerprint density at radius 2 is 1.52 bits per heavy atom. The molecule has 0 bridgehead atoms. The van der Waals surface area contributed by atoms with Crippen molar-refractivity contribution in [1.82, 2.24) is 4.90 Å². The quantitative estimate of drug-likeness (QED) is 0.0904. The second-order valence-electron chi connectivity index (χ2n) is 10.7. The number of carboxylic acid groups (broad SMARTS) is 1. The van der Waals surface area contributed by atoms with Crippen molar-refractivity contribution in [2.24, 2.45) is 4.99 Å². The van der Waals surface area contributed by atoms with Crippen LogP contribution in [0.25, 0.3) is 33.4 Å². The molecular weight excluding hydrogens is 728 g/mol. The highest BCUT2D eigenvalue weighted by atomic mass is 32.2. The summed E-state index contributed by atoms with van der Waals surface area (Å²) in [6, 6.07) is 8.98. The average Bonchev–Trinajstić information content (AvgIpc) is 2.98. The molecule has 0 fully saturated rings. The minimum Gasteiger partial charge on any atom is -0.481 e. The lowest BCUT2D eigenvalue weighted by Gasteiger charge is -2.23. The Bertz CT molecular complexity index is 2240. The number of amides is 1. The minimum atomic E-state index is -5.59. The Balaban J connectivity index is 2.21. The van der Waals surface area contributed by atoms with E-state index in [4.69, 9.17) is 9.52 Å². The van der Waals surface area contributed by atoms with Crippen LogP contribution in [-0.2, 0) is 25.0 Å². The van der Waals surface area contributed by atoms with Crippen molar-refractivity contribution in [3.8, 4) is 22.5 Å². The second-order valence-corrected chi connectivity index (χ2v) is 13.4. The number of nitrogens with one attached hydrogen (secondary N) is 1. The largest absolute Gasteiger partial charge is 0.481 e. The van der Waals surface area contributed by atoms with E-state index in [1.807, 2.05) is 0 Å². The molecule has 13 nitrogen and oxygen atoms in total. The third kappa shape index (κ3) is 8.70. The van der Waals surface area contributed by atoms with Gasteiger partial charge in [-0.05, 0) is 42.3 Å². The van der Waals surface area contributed by atoms with E-state index in [-0.39, 0.29) is 47.0 Å². The van der Waals surface area contributed by atoms with Gasteiger partial charge in [0, 0.05) is 42.1 Å². The van der Waals surface area contributed by atoms with Gasteiger partial charge in [-0.1, -0.05) is 18.2 Å². The number of nitrogens with zero attached hydrogens (tertiary/aromatic N) is 2. The zero-order chi connectivity index (χ0) is 37.4. The lowest BCUT2D eigenvalue weighted by atomic mass is 9.90. The first kappa shape index (κ1) is 38.1. The number of halogens is 6. The zero-order valence-corrected chi connectivity index (χ0v) is 27.0. The van der Waals surface area contributed by atoms with Crippen LogP contribution in [0.2, 0.25) is 0 Å². The van der Waals surface area contributed by atoms with E-state index in [0.717, 1.165) is 29.2 Å². The Labute approximate surface area is 278 Å². The van der Waals surface area contributed by atoms with Crippen LogP contribution in [-0.4, -0.2) is 86.9 Å². The number of anilines is 1. The lowest BCUT2D eigenvalue weighted by molar-refractivity contribution is -0.137. The van der Waals surface area contributed by atoms with Crippen LogP contribution in [0.1, 0.15) is 23.2 Å². The molecule has 50 heavy (non-hydrogen) atoms. The average molecular weight is 754 g/mol. The monoisotopic (exact) mass is 753 g/mol. The van der Waals surface area contributed by atoms with Crippen molar-refractivity contribution in [2.75, 3.05) is 32.0 Å². The van der Waals surface area contributed by atoms with Crippen molar-refractivity contribution >= 4 is 48.8 Å². The fourth-order valence-corrected chi connectivity index (χ4v) is 6.64.